The van der Waals surface area contributed by atoms with Crippen LogP contribution in [0.3, 0.4) is 0 Å². The lowest BCUT2D eigenvalue weighted by Crippen LogP contribution is -2.48. The molecule has 2 aliphatic heterocycles. The molecule has 0 N–H and O–H groups in total. The van der Waals surface area contributed by atoms with Gasteiger partial charge in [-0.3, -0.25) is 4.79 Å². The van der Waals surface area contributed by atoms with E-state index in [9.17, 15) is 4.79 Å². The third kappa shape index (κ3) is 3.21. The van der Waals surface area contributed by atoms with Crippen molar-refractivity contribution in [1.82, 2.24) is 0 Å². The fourth-order valence-electron chi connectivity index (χ4n) is 4.11. The summed E-state index contributed by atoms with van der Waals surface area (Å²) < 4.78 is 17.6. The second kappa shape index (κ2) is 7.14. The number of rotatable bonds is 4. The molecule has 1 atom stereocenters. The summed E-state index contributed by atoms with van der Waals surface area (Å²) in [5.74, 6) is 1.93. The van der Waals surface area contributed by atoms with Crippen LogP contribution in [0.4, 0.5) is 0 Å². The van der Waals surface area contributed by atoms with E-state index in [1.807, 2.05) is 6.07 Å². The summed E-state index contributed by atoms with van der Waals surface area (Å²) >= 11 is 12.4. The standard InChI is InChI=1S/C21H22Cl2NO4/c1-24(2)7-6-12-8-18-20(28-11-27-18)21(26-3)19(12)16(24)10-17(25)14-9-13(22)4-5-15(14)23/h4-5,8-9,16H,6-7,10-11H2,1-3H3/q+1/t16-/m1/s1. The molecule has 0 spiro atoms. The van der Waals surface area contributed by atoms with Gasteiger partial charge in [-0.15, -0.1) is 0 Å². The number of Topliss-reactive ketones (excluding diaryl/α,β-unsaturated/α-hetero) is 1. The van der Waals surface area contributed by atoms with Gasteiger partial charge in [-0.1, -0.05) is 23.2 Å². The predicted molar refractivity (Wildman–Crippen MR) is 108 cm³/mol. The molecule has 7 heteroatoms. The molecule has 0 aromatic heterocycles. The van der Waals surface area contributed by atoms with Crippen molar-refractivity contribution >= 4 is 29.0 Å². The number of carbonyl (C=O) groups is 1. The number of hydrogen-bond acceptors (Lipinski definition) is 4. The van der Waals surface area contributed by atoms with Crippen molar-refractivity contribution < 1.29 is 23.5 Å². The molecule has 2 heterocycles. The molecule has 2 aliphatic rings. The number of ketones is 1. The van der Waals surface area contributed by atoms with Crippen molar-refractivity contribution in [2.45, 2.75) is 18.9 Å². The van der Waals surface area contributed by atoms with Gasteiger partial charge in [-0.05, 0) is 29.8 Å². The van der Waals surface area contributed by atoms with Crippen molar-refractivity contribution in [3.8, 4) is 17.2 Å². The number of ether oxygens (including phenoxy) is 3. The molecule has 0 saturated carbocycles. The van der Waals surface area contributed by atoms with Gasteiger partial charge in [0, 0.05) is 17.0 Å². The Morgan fingerprint density at radius 2 is 2.04 bits per heavy atom. The minimum absolute atomic E-state index is 0.0451. The summed E-state index contributed by atoms with van der Waals surface area (Å²) in [6.07, 6.45) is 1.16. The van der Waals surface area contributed by atoms with Gasteiger partial charge in [-0.2, -0.15) is 0 Å². The van der Waals surface area contributed by atoms with E-state index >= 15 is 0 Å². The molecule has 0 aliphatic carbocycles. The zero-order valence-electron chi connectivity index (χ0n) is 16.1. The Balaban J connectivity index is 1.79. The number of methoxy groups -OCH3 is 1. The SMILES string of the molecule is COc1c2c(cc3c1[C@@H](CC(=O)c1cc(Cl)ccc1Cl)[N+](C)(C)CC3)OCO2. The van der Waals surface area contributed by atoms with E-state index in [0.29, 0.717) is 37.3 Å². The number of likely N-dealkylation sites (N-methyl/N-ethyl adjacent to an activating group) is 1. The summed E-state index contributed by atoms with van der Waals surface area (Å²) in [6.45, 7) is 1.07. The van der Waals surface area contributed by atoms with Gasteiger partial charge < -0.3 is 18.7 Å². The Hall–Kier alpha value is -1.95. The van der Waals surface area contributed by atoms with Crippen LogP contribution in [0, 0.1) is 0 Å². The van der Waals surface area contributed by atoms with E-state index in [1.54, 1.807) is 25.3 Å². The second-order valence-corrected chi connectivity index (χ2v) is 8.58. The molecule has 2 aromatic carbocycles. The fraction of sp³-hybridized carbons (Fsp3) is 0.381. The Bertz CT molecular complexity index is 958. The van der Waals surface area contributed by atoms with Crippen LogP contribution in [-0.4, -0.2) is 44.8 Å². The molecule has 0 unspecified atom stereocenters. The Morgan fingerprint density at radius 1 is 1.25 bits per heavy atom. The molecular formula is C21H22Cl2NO4+. The third-order valence-corrected chi connectivity index (χ3v) is 6.25. The molecule has 5 nitrogen and oxygen atoms in total. The summed E-state index contributed by atoms with van der Waals surface area (Å²) in [5.41, 5.74) is 2.59. The van der Waals surface area contributed by atoms with Crippen LogP contribution in [0.25, 0.3) is 0 Å². The molecule has 4 rings (SSSR count). The van der Waals surface area contributed by atoms with E-state index in [-0.39, 0.29) is 25.0 Å². The first-order valence-electron chi connectivity index (χ1n) is 9.12. The maximum Gasteiger partial charge on any atom is 0.231 e. The molecule has 0 saturated heterocycles. The highest BCUT2D eigenvalue weighted by Gasteiger charge is 2.42. The summed E-state index contributed by atoms with van der Waals surface area (Å²) in [6, 6.07) is 6.89. The number of halogens is 2. The van der Waals surface area contributed by atoms with Gasteiger partial charge in [0.1, 0.15) is 6.04 Å². The smallest absolute Gasteiger partial charge is 0.231 e. The van der Waals surface area contributed by atoms with Crippen LogP contribution < -0.4 is 14.2 Å². The van der Waals surface area contributed by atoms with Gasteiger partial charge in [0.2, 0.25) is 12.5 Å². The first kappa shape index (κ1) is 19.4. The van der Waals surface area contributed by atoms with E-state index in [4.69, 9.17) is 37.4 Å². The molecule has 148 valence electrons. The van der Waals surface area contributed by atoms with Gasteiger partial charge in [0.15, 0.2) is 17.3 Å². The summed E-state index contributed by atoms with van der Waals surface area (Å²) in [7, 11) is 5.88. The highest BCUT2D eigenvalue weighted by molar-refractivity contribution is 6.35. The van der Waals surface area contributed by atoms with Crippen LogP contribution in [0.2, 0.25) is 10.0 Å². The number of quaternary nitrogens is 1. The van der Waals surface area contributed by atoms with Gasteiger partial charge >= 0.3 is 0 Å². The minimum atomic E-state index is -0.101. The van der Waals surface area contributed by atoms with Crippen LogP contribution >= 0.6 is 23.2 Å². The van der Waals surface area contributed by atoms with Gasteiger partial charge in [0.25, 0.3) is 0 Å². The maximum absolute atomic E-state index is 13.2. The van der Waals surface area contributed by atoms with Crippen LogP contribution in [0.5, 0.6) is 17.2 Å². The van der Waals surface area contributed by atoms with Crippen molar-refractivity contribution in [2.75, 3.05) is 34.5 Å². The lowest BCUT2D eigenvalue weighted by molar-refractivity contribution is -0.922. The first-order chi connectivity index (χ1) is 13.3. The lowest BCUT2D eigenvalue weighted by Gasteiger charge is -2.43. The van der Waals surface area contributed by atoms with Gasteiger partial charge in [-0.25, -0.2) is 0 Å². The van der Waals surface area contributed by atoms with E-state index in [2.05, 4.69) is 14.1 Å². The topological polar surface area (TPSA) is 44.8 Å². The predicted octanol–water partition coefficient (Wildman–Crippen LogP) is 4.68. The largest absolute Gasteiger partial charge is 0.492 e. The molecule has 2 aromatic rings. The summed E-state index contributed by atoms with van der Waals surface area (Å²) in [5, 5.41) is 0.903. The number of hydrogen-bond donors (Lipinski definition) is 0. The van der Waals surface area contributed by atoms with Crippen LogP contribution in [-0.2, 0) is 6.42 Å². The van der Waals surface area contributed by atoms with Gasteiger partial charge in [0.05, 0.1) is 44.8 Å². The monoisotopic (exact) mass is 422 g/mol. The molecule has 0 fully saturated rings. The highest BCUT2D eigenvalue weighted by atomic mass is 35.5. The van der Waals surface area contributed by atoms with Crippen molar-refractivity contribution in [1.29, 1.82) is 0 Å². The molecule has 0 amide bonds. The van der Waals surface area contributed by atoms with E-state index in [0.717, 1.165) is 24.1 Å². The van der Waals surface area contributed by atoms with Crippen LogP contribution in [0.15, 0.2) is 24.3 Å². The Morgan fingerprint density at radius 3 is 2.79 bits per heavy atom. The second-order valence-electron chi connectivity index (χ2n) is 7.74. The highest BCUT2D eigenvalue weighted by Crippen LogP contribution is 2.51. The van der Waals surface area contributed by atoms with E-state index < -0.39 is 0 Å². The Kier molecular flexibility index (Phi) is 4.94. The average molecular weight is 423 g/mol. The number of benzene rings is 2. The first-order valence-corrected chi connectivity index (χ1v) is 9.87. The number of carbonyl (C=O) groups excluding carboxylic acids is 1. The quantitative estimate of drug-likeness (QED) is 0.529. The molecule has 0 radical (unpaired) electrons. The summed E-state index contributed by atoms with van der Waals surface area (Å²) in [4.78, 5) is 13.2. The Labute approximate surface area is 174 Å². The fourth-order valence-corrected chi connectivity index (χ4v) is 4.51. The normalized spacial score (nSPS) is 19.2. The number of fused-ring (bicyclic) bond motifs is 2. The van der Waals surface area contributed by atoms with Crippen molar-refractivity contribution in [2.24, 2.45) is 0 Å². The van der Waals surface area contributed by atoms with Crippen molar-refractivity contribution in [3.05, 3.63) is 51.0 Å². The lowest BCUT2D eigenvalue weighted by atomic mass is 9.86. The minimum Gasteiger partial charge on any atom is -0.492 e. The van der Waals surface area contributed by atoms with E-state index in [1.165, 1.54) is 0 Å². The maximum atomic E-state index is 13.2. The number of nitrogens with zero attached hydrogens (tertiary/aromatic N) is 1. The zero-order chi connectivity index (χ0) is 20.1. The zero-order valence-corrected chi connectivity index (χ0v) is 17.6. The average Bonchev–Trinajstić information content (AvgIpc) is 3.12. The molecule has 0 bridgehead atoms. The van der Waals surface area contributed by atoms with Crippen molar-refractivity contribution in [3.63, 3.8) is 0 Å². The van der Waals surface area contributed by atoms with Crippen LogP contribution in [0.1, 0.15) is 33.9 Å². The molecular weight excluding hydrogens is 401 g/mol. The third-order valence-electron chi connectivity index (χ3n) is 5.69. The molecule has 28 heavy (non-hydrogen) atoms.